The van der Waals surface area contributed by atoms with Crippen molar-refractivity contribution in [2.75, 3.05) is 0 Å². The molecule has 9 aromatic rings. The average Bonchev–Trinajstić information content (AvgIpc) is 3.46. The van der Waals surface area contributed by atoms with Gasteiger partial charge >= 0.3 is 0 Å². The van der Waals surface area contributed by atoms with Crippen LogP contribution < -0.4 is 0 Å². The van der Waals surface area contributed by atoms with Crippen molar-refractivity contribution in [3.05, 3.63) is 164 Å². The Morgan fingerprint density at radius 2 is 1.09 bits per heavy atom. The van der Waals surface area contributed by atoms with Gasteiger partial charge in [-0.1, -0.05) is 91.0 Å². The van der Waals surface area contributed by atoms with E-state index in [0.29, 0.717) is 0 Å². The lowest BCUT2D eigenvalue weighted by molar-refractivity contribution is 1.19. The second-order valence-corrected chi connectivity index (χ2v) is 11.5. The second-order valence-electron chi connectivity index (χ2n) is 11.5. The monoisotopic (exact) mass is 573 g/mol. The lowest BCUT2D eigenvalue weighted by Gasteiger charge is -2.12. The number of pyridine rings is 2. The number of aromatic nitrogens is 3. The van der Waals surface area contributed by atoms with Crippen molar-refractivity contribution in [3.8, 4) is 39.2 Å². The van der Waals surface area contributed by atoms with Crippen molar-refractivity contribution in [1.29, 1.82) is 0 Å². The average molecular weight is 574 g/mol. The first-order chi connectivity index (χ1) is 22.3. The van der Waals surface area contributed by atoms with Crippen LogP contribution in [0.4, 0.5) is 0 Å². The number of benzene rings is 6. The highest BCUT2D eigenvalue weighted by Gasteiger charge is 2.16. The second kappa shape index (κ2) is 10.3. The molecule has 0 N–H and O–H groups in total. The Balaban J connectivity index is 1.21. The van der Waals surface area contributed by atoms with Gasteiger partial charge in [0.15, 0.2) is 0 Å². The highest BCUT2D eigenvalue weighted by Crippen LogP contribution is 2.39. The summed E-state index contributed by atoms with van der Waals surface area (Å²) in [5.74, 6) is 0. The molecule has 3 heterocycles. The molecule has 0 fully saturated rings. The maximum absolute atomic E-state index is 4.63. The summed E-state index contributed by atoms with van der Waals surface area (Å²) in [7, 11) is 0. The largest absolute Gasteiger partial charge is 0.309 e. The fourth-order valence-electron chi connectivity index (χ4n) is 6.69. The number of rotatable bonds is 4. The van der Waals surface area contributed by atoms with Crippen LogP contribution in [0.25, 0.3) is 82.5 Å². The van der Waals surface area contributed by atoms with E-state index >= 15 is 0 Å². The molecule has 3 heteroatoms. The van der Waals surface area contributed by atoms with Crippen molar-refractivity contribution in [1.82, 2.24) is 14.5 Å². The summed E-state index contributed by atoms with van der Waals surface area (Å²) in [6, 6.07) is 52.4. The molecule has 45 heavy (non-hydrogen) atoms. The van der Waals surface area contributed by atoms with E-state index in [4.69, 9.17) is 0 Å². The topological polar surface area (TPSA) is 30.7 Å². The molecule has 0 aliphatic rings. The first-order valence-corrected chi connectivity index (χ1v) is 15.2. The predicted octanol–water partition coefficient (Wildman–Crippen LogP) is 10.9. The lowest BCUT2D eigenvalue weighted by Crippen LogP contribution is -1.94. The number of hydrogen-bond acceptors (Lipinski definition) is 2. The van der Waals surface area contributed by atoms with Gasteiger partial charge in [0.2, 0.25) is 0 Å². The number of nitrogens with zero attached hydrogens (tertiary/aromatic N) is 3. The molecule has 0 atom stereocenters. The molecule has 9 rings (SSSR count). The van der Waals surface area contributed by atoms with Gasteiger partial charge in [-0.2, -0.15) is 0 Å². The van der Waals surface area contributed by atoms with E-state index in [0.717, 1.165) is 22.5 Å². The summed E-state index contributed by atoms with van der Waals surface area (Å²) in [6.45, 7) is 0. The Morgan fingerprint density at radius 3 is 1.84 bits per heavy atom. The van der Waals surface area contributed by atoms with E-state index in [1.165, 1.54) is 60.0 Å². The summed E-state index contributed by atoms with van der Waals surface area (Å²) in [4.78, 5) is 8.91. The number of para-hydroxylation sites is 1. The molecule has 0 aliphatic heterocycles. The molecule has 0 spiro atoms. The van der Waals surface area contributed by atoms with Crippen molar-refractivity contribution >= 4 is 43.4 Å². The third-order valence-corrected chi connectivity index (χ3v) is 8.89. The molecule has 0 aliphatic carbocycles. The summed E-state index contributed by atoms with van der Waals surface area (Å²) in [6.07, 6.45) is 5.58. The zero-order valence-electron chi connectivity index (χ0n) is 24.4. The van der Waals surface area contributed by atoms with Gasteiger partial charge in [-0.3, -0.25) is 9.97 Å². The van der Waals surface area contributed by atoms with Crippen LogP contribution in [0.3, 0.4) is 0 Å². The molecule has 3 aromatic heterocycles. The van der Waals surface area contributed by atoms with Crippen molar-refractivity contribution in [2.24, 2.45) is 0 Å². The summed E-state index contributed by atoms with van der Waals surface area (Å²) in [5.41, 5.74) is 10.4. The van der Waals surface area contributed by atoms with E-state index in [1.807, 2.05) is 36.8 Å². The van der Waals surface area contributed by atoms with E-state index in [9.17, 15) is 0 Å². The first kappa shape index (κ1) is 25.4. The molecule has 0 saturated carbocycles. The quantitative estimate of drug-likeness (QED) is 0.210. The molecular weight excluding hydrogens is 546 g/mol. The summed E-state index contributed by atoms with van der Waals surface area (Å²) >= 11 is 0. The van der Waals surface area contributed by atoms with Crippen LogP contribution in [-0.2, 0) is 0 Å². The maximum atomic E-state index is 4.63. The van der Waals surface area contributed by atoms with E-state index in [1.54, 1.807) is 0 Å². The SMILES string of the molecule is c1ccc(-n2c3cc(-c4ccccn4)ccc3c3ccc4cc(-c5ccc6cc(-c7cccnc7)ccc6c5)ccc4c32)cc1. The Morgan fingerprint density at radius 1 is 0.422 bits per heavy atom. The van der Waals surface area contributed by atoms with Crippen LogP contribution >= 0.6 is 0 Å². The molecule has 0 radical (unpaired) electrons. The molecule has 0 amide bonds. The Labute approximate surface area is 260 Å². The summed E-state index contributed by atoms with van der Waals surface area (Å²) < 4.78 is 2.41. The van der Waals surface area contributed by atoms with Crippen LogP contribution in [-0.4, -0.2) is 14.5 Å². The minimum Gasteiger partial charge on any atom is -0.309 e. The molecule has 0 unspecified atom stereocenters. The van der Waals surface area contributed by atoms with Crippen LogP contribution in [0.1, 0.15) is 0 Å². The number of hydrogen-bond donors (Lipinski definition) is 0. The molecule has 3 nitrogen and oxygen atoms in total. The molecular formula is C42H27N3. The third-order valence-electron chi connectivity index (χ3n) is 8.89. The molecule has 0 saturated heterocycles. The molecule has 0 bridgehead atoms. The molecule has 210 valence electrons. The van der Waals surface area contributed by atoms with E-state index < -0.39 is 0 Å². The molecule has 6 aromatic carbocycles. The highest BCUT2D eigenvalue weighted by atomic mass is 15.0. The highest BCUT2D eigenvalue weighted by molar-refractivity contribution is 6.19. The van der Waals surface area contributed by atoms with Crippen LogP contribution in [0.2, 0.25) is 0 Å². The van der Waals surface area contributed by atoms with Crippen molar-refractivity contribution in [3.63, 3.8) is 0 Å². The zero-order valence-corrected chi connectivity index (χ0v) is 24.4. The van der Waals surface area contributed by atoms with Crippen LogP contribution in [0, 0.1) is 0 Å². The maximum Gasteiger partial charge on any atom is 0.0702 e. The van der Waals surface area contributed by atoms with Gasteiger partial charge < -0.3 is 4.57 Å². The van der Waals surface area contributed by atoms with Gasteiger partial charge in [-0.05, 0) is 87.4 Å². The van der Waals surface area contributed by atoms with E-state index in [2.05, 4.69) is 142 Å². The van der Waals surface area contributed by atoms with Gasteiger partial charge in [-0.25, -0.2) is 0 Å². The first-order valence-electron chi connectivity index (χ1n) is 15.2. The van der Waals surface area contributed by atoms with Gasteiger partial charge in [0.05, 0.1) is 16.7 Å². The van der Waals surface area contributed by atoms with E-state index in [-0.39, 0.29) is 0 Å². The Kier molecular flexibility index (Phi) is 5.82. The standard InChI is InChI=1S/C42H27N3/c1-2-8-36(9-3-1)45-41-26-34(40-10-4-5-22-44-40)17-19-38(41)39-20-16-33-25-31(15-18-37(33)42(39)45)29-11-12-30-24-32(14-13-28(30)23-29)35-7-6-21-43-27-35/h1-27H. The fourth-order valence-corrected chi connectivity index (χ4v) is 6.69. The van der Waals surface area contributed by atoms with Gasteiger partial charge in [-0.15, -0.1) is 0 Å². The zero-order chi connectivity index (χ0) is 29.7. The van der Waals surface area contributed by atoms with Crippen molar-refractivity contribution < 1.29 is 0 Å². The minimum atomic E-state index is 0.974. The fraction of sp³-hybridized carbons (Fsp3) is 0. The van der Waals surface area contributed by atoms with Gasteiger partial charge in [0.25, 0.3) is 0 Å². The number of fused-ring (bicyclic) bond motifs is 6. The minimum absolute atomic E-state index is 0.974. The third kappa shape index (κ3) is 4.29. The van der Waals surface area contributed by atoms with Gasteiger partial charge in [0.1, 0.15) is 0 Å². The Hall–Kier alpha value is -6.06. The predicted molar refractivity (Wildman–Crippen MR) is 188 cm³/mol. The lowest BCUT2D eigenvalue weighted by atomic mass is 9.96. The van der Waals surface area contributed by atoms with Gasteiger partial charge in [0, 0.05) is 51.6 Å². The normalized spacial score (nSPS) is 11.6. The van der Waals surface area contributed by atoms with Crippen LogP contribution in [0.5, 0.6) is 0 Å². The van der Waals surface area contributed by atoms with Crippen LogP contribution in [0.15, 0.2) is 164 Å². The van der Waals surface area contributed by atoms with Crippen molar-refractivity contribution in [2.45, 2.75) is 0 Å². The Bertz CT molecular complexity index is 2510. The summed E-state index contributed by atoms with van der Waals surface area (Å²) in [5, 5.41) is 7.38. The smallest absolute Gasteiger partial charge is 0.0702 e.